The van der Waals surface area contributed by atoms with Crippen molar-refractivity contribution in [3.05, 3.63) is 87.8 Å². The van der Waals surface area contributed by atoms with Gasteiger partial charge in [0.2, 0.25) is 0 Å². The number of nitrogens with zero attached hydrogens (tertiary/aromatic N) is 1. The van der Waals surface area contributed by atoms with Crippen LogP contribution in [0.15, 0.2) is 65.5 Å². The Labute approximate surface area is 157 Å². The molecule has 0 aliphatic rings. The second-order valence-electron chi connectivity index (χ2n) is 6.20. The average Bonchev–Trinajstić information content (AvgIpc) is 2.70. The van der Waals surface area contributed by atoms with Crippen LogP contribution in [-0.4, -0.2) is 24.8 Å². The minimum absolute atomic E-state index is 0.132. The summed E-state index contributed by atoms with van der Waals surface area (Å²) < 4.78 is 11.8. The SMILES string of the molecule is COC(=O)c1ccc(OC)cc1-c1cc(C)n(Cc2ccccc2)c(=O)c1. The Balaban J connectivity index is 2.09. The molecule has 0 bridgehead atoms. The lowest BCUT2D eigenvalue weighted by atomic mass is 9.99. The molecular weight excluding hydrogens is 342 g/mol. The van der Waals surface area contributed by atoms with Gasteiger partial charge >= 0.3 is 5.97 Å². The number of aromatic nitrogens is 1. The molecule has 5 nitrogen and oxygen atoms in total. The third-order valence-corrected chi connectivity index (χ3v) is 4.46. The molecule has 0 saturated heterocycles. The molecule has 0 aliphatic carbocycles. The van der Waals surface area contributed by atoms with E-state index in [0.29, 0.717) is 29.0 Å². The van der Waals surface area contributed by atoms with Crippen LogP contribution < -0.4 is 10.3 Å². The van der Waals surface area contributed by atoms with Crippen LogP contribution >= 0.6 is 0 Å². The molecule has 3 rings (SSSR count). The van der Waals surface area contributed by atoms with E-state index < -0.39 is 5.97 Å². The van der Waals surface area contributed by atoms with Crippen molar-refractivity contribution in [2.24, 2.45) is 0 Å². The van der Waals surface area contributed by atoms with Crippen LogP contribution in [-0.2, 0) is 11.3 Å². The molecular formula is C22H21NO4. The van der Waals surface area contributed by atoms with Gasteiger partial charge in [-0.15, -0.1) is 0 Å². The van der Waals surface area contributed by atoms with E-state index in [1.807, 2.05) is 43.3 Å². The van der Waals surface area contributed by atoms with Crippen LogP contribution in [0.3, 0.4) is 0 Å². The number of ether oxygens (including phenoxy) is 2. The van der Waals surface area contributed by atoms with Crippen molar-refractivity contribution in [3.63, 3.8) is 0 Å². The monoisotopic (exact) mass is 363 g/mol. The maximum Gasteiger partial charge on any atom is 0.338 e. The fourth-order valence-electron chi connectivity index (χ4n) is 3.03. The Morgan fingerprint density at radius 2 is 1.74 bits per heavy atom. The molecule has 1 aromatic heterocycles. The predicted octanol–water partition coefficient (Wildman–Crippen LogP) is 3.67. The summed E-state index contributed by atoms with van der Waals surface area (Å²) in [4.78, 5) is 24.9. The average molecular weight is 363 g/mol. The summed E-state index contributed by atoms with van der Waals surface area (Å²) in [6.45, 7) is 2.37. The van der Waals surface area contributed by atoms with Gasteiger partial charge in [-0.3, -0.25) is 4.79 Å². The smallest absolute Gasteiger partial charge is 0.338 e. The summed E-state index contributed by atoms with van der Waals surface area (Å²) >= 11 is 0. The third-order valence-electron chi connectivity index (χ3n) is 4.46. The van der Waals surface area contributed by atoms with Gasteiger partial charge < -0.3 is 14.0 Å². The zero-order chi connectivity index (χ0) is 19.4. The van der Waals surface area contributed by atoms with E-state index in [1.165, 1.54) is 13.2 Å². The molecule has 0 unspecified atom stereocenters. The lowest BCUT2D eigenvalue weighted by Gasteiger charge is -2.14. The molecule has 0 atom stereocenters. The van der Waals surface area contributed by atoms with Gasteiger partial charge in [0.25, 0.3) is 5.56 Å². The van der Waals surface area contributed by atoms with Gasteiger partial charge in [0.05, 0.1) is 26.3 Å². The van der Waals surface area contributed by atoms with Gasteiger partial charge in [0, 0.05) is 17.3 Å². The number of pyridine rings is 1. The summed E-state index contributed by atoms with van der Waals surface area (Å²) in [7, 11) is 2.89. The van der Waals surface area contributed by atoms with E-state index >= 15 is 0 Å². The van der Waals surface area contributed by atoms with E-state index in [-0.39, 0.29) is 5.56 Å². The number of methoxy groups -OCH3 is 2. The molecule has 0 amide bonds. The van der Waals surface area contributed by atoms with E-state index in [4.69, 9.17) is 9.47 Å². The highest BCUT2D eigenvalue weighted by molar-refractivity contribution is 5.97. The molecule has 0 N–H and O–H groups in total. The van der Waals surface area contributed by atoms with Crippen molar-refractivity contribution in [2.45, 2.75) is 13.5 Å². The zero-order valence-corrected chi connectivity index (χ0v) is 15.6. The Hall–Kier alpha value is -3.34. The molecule has 0 fully saturated rings. The largest absolute Gasteiger partial charge is 0.497 e. The van der Waals surface area contributed by atoms with Gasteiger partial charge in [-0.25, -0.2) is 4.79 Å². The lowest BCUT2D eigenvalue weighted by Crippen LogP contribution is -2.22. The minimum Gasteiger partial charge on any atom is -0.497 e. The maximum atomic E-state index is 12.8. The van der Waals surface area contributed by atoms with Gasteiger partial charge in [0.1, 0.15) is 5.75 Å². The van der Waals surface area contributed by atoms with Crippen LogP contribution in [0.25, 0.3) is 11.1 Å². The van der Waals surface area contributed by atoms with Gasteiger partial charge in [-0.2, -0.15) is 0 Å². The van der Waals surface area contributed by atoms with E-state index in [0.717, 1.165) is 11.3 Å². The molecule has 0 spiro atoms. The molecule has 0 aliphatic heterocycles. The van der Waals surface area contributed by atoms with Crippen molar-refractivity contribution in [3.8, 4) is 16.9 Å². The summed E-state index contributed by atoms with van der Waals surface area (Å²) in [5, 5.41) is 0. The highest BCUT2D eigenvalue weighted by Gasteiger charge is 2.16. The zero-order valence-electron chi connectivity index (χ0n) is 15.6. The molecule has 1 heterocycles. The van der Waals surface area contributed by atoms with Crippen molar-refractivity contribution >= 4 is 5.97 Å². The highest BCUT2D eigenvalue weighted by atomic mass is 16.5. The first kappa shape index (κ1) is 18.5. The normalized spacial score (nSPS) is 10.5. The van der Waals surface area contributed by atoms with Crippen LogP contribution in [0, 0.1) is 6.92 Å². The number of benzene rings is 2. The number of carbonyl (C=O) groups is 1. The number of aryl methyl sites for hydroxylation is 1. The maximum absolute atomic E-state index is 12.8. The molecule has 0 saturated carbocycles. The first-order valence-electron chi connectivity index (χ1n) is 8.55. The van der Waals surface area contributed by atoms with Crippen LogP contribution in [0.5, 0.6) is 5.75 Å². The molecule has 3 aromatic rings. The van der Waals surface area contributed by atoms with Crippen molar-refractivity contribution in [2.75, 3.05) is 14.2 Å². The first-order valence-corrected chi connectivity index (χ1v) is 8.55. The van der Waals surface area contributed by atoms with Crippen molar-refractivity contribution in [1.29, 1.82) is 0 Å². The van der Waals surface area contributed by atoms with Crippen molar-refractivity contribution in [1.82, 2.24) is 4.57 Å². The fourth-order valence-corrected chi connectivity index (χ4v) is 3.03. The number of hydrogen-bond donors (Lipinski definition) is 0. The molecule has 138 valence electrons. The van der Waals surface area contributed by atoms with Crippen LogP contribution in [0.4, 0.5) is 0 Å². The molecule has 2 aromatic carbocycles. The Morgan fingerprint density at radius 3 is 2.37 bits per heavy atom. The van der Waals surface area contributed by atoms with Crippen LogP contribution in [0.1, 0.15) is 21.6 Å². The second-order valence-corrected chi connectivity index (χ2v) is 6.20. The number of carbonyl (C=O) groups excluding carboxylic acids is 1. The van der Waals surface area contributed by atoms with E-state index in [9.17, 15) is 9.59 Å². The summed E-state index contributed by atoms with van der Waals surface area (Å²) in [6, 6.07) is 18.3. The quantitative estimate of drug-likeness (QED) is 0.649. The summed E-state index contributed by atoms with van der Waals surface area (Å²) in [5.74, 6) is 0.141. The number of hydrogen-bond acceptors (Lipinski definition) is 4. The Bertz CT molecular complexity index is 1020. The Kier molecular flexibility index (Phi) is 5.41. The summed E-state index contributed by atoms with van der Waals surface area (Å²) in [5.41, 5.74) is 3.37. The topological polar surface area (TPSA) is 57.5 Å². The molecule has 27 heavy (non-hydrogen) atoms. The van der Waals surface area contributed by atoms with Gasteiger partial charge in [-0.05, 0) is 42.3 Å². The fraction of sp³-hybridized carbons (Fsp3) is 0.182. The standard InChI is InChI=1S/C22H21NO4/c1-15-11-17(12-21(24)23(15)14-16-7-5-4-6-8-16)20-13-18(26-2)9-10-19(20)22(25)27-3/h4-13H,14H2,1-3H3. The van der Waals surface area contributed by atoms with E-state index in [1.54, 1.807) is 29.9 Å². The van der Waals surface area contributed by atoms with Gasteiger partial charge in [-0.1, -0.05) is 30.3 Å². The summed E-state index contributed by atoms with van der Waals surface area (Å²) in [6.07, 6.45) is 0. The number of rotatable bonds is 5. The van der Waals surface area contributed by atoms with Crippen molar-refractivity contribution < 1.29 is 14.3 Å². The predicted molar refractivity (Wildman–Crippen MR) is 104 cm³/mol. The van der Waals surface area contributed by atoms with Crippen LogP contribution in [0.2, 0.25) is 0 Å². The molecule has 0 radical (unpaired) electrons. The first-order chi connectivity index (χ1) is 13.0. The Morgan fingerprint density at radius 1 is 1.00 bits per heavy atom. The molecule has 5 heteroatoms. The minimum atomic E-state index is -0.459. The third kappa shape index (κ3) is 3.92. The van der Waals surface area contributed by atoms with Gasteiger partial charge in [0.15, 0.2) is 0 Å². The lowest BCUT2D eigenvalue weighted by molar-refractivity contribution is 0.0601. The van der Waals surface area contributed by atoms with E-state index in [2.05, 4.69) is 0 Å². The second kappa shape index (κ2) is 7.91. The number of esters is 1. The highest BCUT2D eigenvalue weighted by Crippen LogP contribution is 2.28.